The summed E-state index contributed by atoms with van der Waals surface area (Å²) in [5.41, 5.74) is 6.85. The number of nitrogens with two attached hydrogens (primary N) is 1. The van der Waals surface area contributed by atoms with Gasteiger partial charge in [0.05, 0.1) is 15.6 Å². The maximum Gasteiger partial charge on any atom is 0.190 e. The van der Waals surface area contributed by atoms with Gasteiger partial charge in [0.25, 0.3) is 0 Å². The van der Waals surface area contributed by atoms with Crippen molar-refractivity contribution in [3.05, 3.63) is 52.3 Å². The summed E-state index contributed by atoms with van der Waals surface area (Å²) in [4.78, 5) is 0. The van der Waals surface area contributed by atoms with Crippen molar-refractivity contribution >= 4 is 28.9 Å². The first-order valence-electron chi connectivity index (χ1n) is 5.86. The minimum Gasteiger partial charge on any atom is -0.398 e. The summed E-state index contributed by atoms with van der Waals surface area (Å²) in [6, 6.07) is 9.56. The summed E-state index contributed by atoms with van der Waals surface area (Å²) in [6.45, 7) is 0. The molecule has 2 N–H and O–H groups in total. The van der Waals surface area contributed by atoms with Crippen LogP contribution in [0.1, 0.15) is 0 Å². The summed E-state index contributed by atoms with van der Waals surface area (Å²) in [5, 5.41) is 11.6. The van der Waals surface area contributed by atoms with Crippen LogP contribution in [-0.4, -0.2) is 20.2 Å². The lowest BCUT2D eigenvalue weighted by Gasteiger charge is -2.09. The van der Waals surface area contributed by atoms with Crippen LogP contribution in [0.15, 0.2) is 36.4 Å². The van der Waals surface area contributed by atoms with Crippen LogP contribution in [-0.2, 0) is 0 Å². The zero-order chi connectivity index (χ0) is 15.0. The lowest BCUT2D eigenvalue weighted by molar-refractivity contribution is 0.608. The largest absolute Gasteiger partial charge is 0.398 e. The van der Waals surface area contributed by atoms with E-state index in [0.717, 1.165) is 0 Å². The Morgan fingerprint density at radius 1 is 1.05 bits per heavy atom. The van der Waals surface area contributed by atoms with E-state index in [2.05, 4.69) is 15.5 Å². The summed E-state index contributed by atoms with van der Waals surface area (Å²) >= 11 is 11.9. The number of nitrogens with zero attached hydrogens (tertiary/aromatic N) is 4. The molecule has 106 valence electrons. The smallest absolute Gasteiger partial charge is 0.190 e. The molecule has 8 heteroatoms. The van der Waals surface area contributed by atoms with Gasteiger partial charge in [-0.1, -0.05) is 35.3 Å². The molecule has 0 bridgehead atoms. The highest BCUT2D eigenvalue weighted by molar-refractivity contribution is 6.33. The third-order valence-corrected chi connectivity index (χ3v) is 3.51. The van der Waals surface area contributed by atoms with E-state index in [9.17, 15) is 4.39 Å². The van der Waals surface area contributed by atoms with Crippen molar-refractivity contribution in [3.8, 4) is 17.1 Å². The number of aromatic nitrogens is 4. The Kier molecular flexibility index (Phi) is 3.48. The third kappa shape index (κ3) is 2.32. The minimum atomic E-state index is -0.627. The molecule has 3 aromatic rings. The zero-order valence-electron chi connectivity index (χ0n) is 10.5. The quantitative estimate of drug-likeness (QED) is 0.734. The summed E-state index contributed by atoms with van der Waals surface area (Å²) in [5.74, 6) is -0.391. The Labute approximate surface area is 129 Å². The first kappa shape index (κ1) is 13.8. The molecule has 0 spiro atoms. The number of hydrogen-bond acceptors (Lipinski definition) is 4. The highest BCUT2D eigenvalue weighted by Crippen LogP contribution is 2.33. The minimum absolute atomic E-state index is 0.0268. The number of benzene rings is 2. The van der Waals surface area contributed by atoms with Crippen molar-refractivity contribution in [2.45, 2.75) is 0 Å². The van der Waals surface area contributed by atoms with E-state index < -0.39 is 5.82 Å². The first-order valence-corrected chi connectivity index (χ1v) is 6.62. The van der Waals surface area contributed by atoms with Crippen molar-refractivity contribution in [2.24, 2.45) is 0 Å². The van der Waals surface area contributed by atoms with Gasteiger partial charge in [-0.3, -0.25) is 0 Å². The maximum atomic E-state index is 14.1. The van der Waals surface area contributed by atoms with E-state index in [4.69, 9.17) is 28.9 Å². The van der Waals surface area contributed by atoms with Gasteiger partial charge in [0, 0.05) is 5.69 Å². The van der Waals surface area contributed by atoms with E-state index in [-0.39, 0.29) is 16.5 Å². The molecule has 0 atom stereocenters. The predicted octanol–water partition coefficient (Wildman–Crippen LogP) is 3.36. The molecule has 0 saturated heterocycles. The molecule has 0 unspecified atom stereocenters. The van der Waals surface area contributed by atoms with Crippen molar-refractivity contribution in [3.63, 3.8) is 0 Å². The molecule has 0 aliphatic carbocycles. The third-order valence-electron chi connectivity index (χ3n) is 2.90. The number of tetrazole rings is 1. The topological polar surface area (TPSA) is 69.6 Å². The second kappa shape index (κ2) is 5.31. The number of anilines is 1. The predicted molar refractivity (Wildman–Crippen MR) is 79.0 cm³/mol. The van der Waals surface area contributed by atoms with Gasteiger partial charge in [0.1, 0.15) is 5.69 Å². The molecule has 0 aliphatic rings. The molecule has 2 aromatic carbocycles. The normalized spacial score (nSPS) is 10.8. The van der Waals surface area contributed by atoms with E-state index in [1.165, 1.54) is 16.8 Å². The molecule has 0 amide bonds. The first-order chi connectivity index (χ1) is 10.1. The van der Waals surface area contributed by atoms with Gasteiger partial charge in [-0.15, -0.1) is 5.10 Å². The summed E-state index contributed by atoms with van der Waals surface area (Å²) in [7, 11) is 0. The Balaban J connectivity index is 2.25. The fraction of sp³-hybridized carbons (Fsp3) is 0. The molecular weight excluding hydrogens is 316 g/mol. The van der Waals surface area contributed by atoms with Crippen LogP contribution in [0.2, 0.25) is 10.0 Å². The Morgan fingerprint density at radius 2 is 1.76 bits per heavy atom. The van der Waals surface area contributed by atoms with E-state index >= 15 is 0 Å². The van der Waals surface area contributed by atoms with Crippen molar-refractivity contribution < 1.29 is 4.39 Å². The van der Waals surface area contributed by atoms with Crippen molar-refractivity contribution in [1.29, 1.82) is 0 Å². The van der Waals surface area contributed by atoms with Gasteiger partial charge < -0.3 is 5.73 Å². The van der Waals surface area contributed by atoms with Crippen LogP contribution >= 0.6 is 23.2 Å². The highest BCUT2D eigenvalue weighted by Gasteiger charge is 2.19. The number of hydrogen-bond donors (Lipinski definition) is 1. The van der Waals surface area contributed by atoms with Gasteiger partial charge >= 0.3 is 0 Å². The molecule has 0 fully saturated rings. The molecule has 5 nitrogen and oxygen atoms in total. The molecule has 1 aromatic heterocycles. The Morgan fingerprint density at radius 3 is 2.52 bits per heavy atom. The molecule has 0 radical (unpaired) electrons. The monoisotopic (exact) mass is 323 g/mol. The summed E-state index contributed by atoms with van der Waals surface area (Å²) < 4.78 is 15.4. The summed E-state index contributed by atoms with van der Waals surface area (Å²) in [6.07, 6.45) is 0. The number of halogens is 3. The van der Waals surface area contributed by atoms with Gasteiger partial charge in [0.2, 0.25) is 0 Å². The van der Waals surface area contributed by atoms with Crippen molar-refractivity contribution in [1.82, 2.24) is 20.2 Å². The Bertz CT molecular complexity index is 798. The average Bonchev–Trinajstić information content (AvgIpc) is 2.91. The van der Waals surface area contributed by atoms with E-state index in [0.29, 0.717) is 16.3 Å². The lowest BCUT2D eigenvalue weighted by Crippen LogP contribution is -2.04. The van der Waals surface area contributed by atoms with Crippen LogP contribution in [0.4, 0.5) is 10.1 Å². The van der Waals surface area contributed by atoms with E-state index in [1.54, 1.807) is 24.3 Å². The zero-order valence-corrected chi connectivity index (χ0v) is 12.0. The number of rotatable bonds is 2. The van der Waals surface area contributed by atoms with Crippen LogP contribution in [0.3, 0.4) is 0 Å². The highest BCUT2D eigenvalue weighted by atomic mass is 35.5. The molecule has 3 rings (SSSR count). The second-order valence-corrected chi connectivity index (χ2v) is 5.01. The fourth-order valence-corrected chi connectivity index (χ4v) is 2.37. The standard InChI is InChI=1S/C13H8Cl2FN5/c14-7-3-1-5-9(17)11(7)13-18-19-20-21(13)10-6-2-4-8(15)12(10)16/h1-6H,17H2. The van der Waals surface area contributed by atoms with Crippen molar-refractivity contribution in [2.75, 3.05) is 5.73 Å². The molecule has 0 aliphatic heterocycles. The molecule has 21 heavy (non-hydrogen) atoms. The van der Waals surface area contributed by atoms with E-state index in [1.807, 2.05) is 0 Å². The lowest BCUT2D eigenvalue weighted by atomic mass is 10.1. The Hall–Kier alpha value is -2.18. The van der Waals surface area contributed by atoms with Gasteiger partial charge in [-0.25, -0.2) is 4.39 Å². The number of nitrogen functional groups attached to an aromatic ring is 1. The maximum absolute atomic E-state index is 14.1. The SMILES string of the molecule is Nc1cccc(Cl)c1-c1nnnn1-c1cccc(Cl)c1F. The second-order valence-electron chi connectivity index (χ2n) is 4.19. The van der Waals surface area contributed by atoms with Crippen LogP contribution in [0, 0.1) is 5.82 Å². The molecule has 1 heterocycles. The van der Waals surface area contributed by atoms with Gasteiger partial charge in [-0.05, 0) is 34.7 Å². The van der Waals surface area contributed by atoms with Crippen LogP contribution in [0.25, 0.3) is 17.1 Å². The fourth-order valence-electron chi connectivity index (χ4n) is 1.94. The van der Waals surface area contributed by atoms with Gasteiger partial charge in [-0.2, -0.15) is 4.68 Å². The molecular formula is C13H8Cl2FN5. The van der Waals surface area contributed by atoms with Crippen LogP contribution < -0.4 is 5.73 Å². The molecule has 0 saturated carbocycles. The van der Waals surface area contributed by atoms with Gasteiger partial charge in [0.15, 0.2) is 11.6 Å². The average molecular weight is 324 g/mol. The van der Waals surface area contributed by atoms with Crippen LogP contribution in [0.5, 0.6) is 0 Å².